The van der Waals surface area contributed by atoms with E-state index in [0.29, 0.717) is 35.1 Å². The van der Waals surface area contributed by atoms with Crippen LogP contribution in [0, 0.1) is 11.3 Å². The number of hydrogen-bond acceptors (Lipinski definition) is 7. The van der Waals surface area contributed by atoms with Gasteiger partial charge < -0.3 is 9.80 Å². The fourth-order valence-electron chi connectivity index (χ4n) is 4.16. The third-order valence-corrected chi connectivity index (χ3v) is 7.51. The minimum atomic E-state index is -3.33. The van der Waals surface area contributed by atoms with Gasteiger partial charge in [0.1, 0.15) is 5.82 Å². The number of para-hydroxylation sites is 1. The molecule has 0 radical (unpaired) electrons. The van der Waals surface area contributed by atoms with Gasteiger partial charge in [0, 0.05) is 30.2 Å². The molecule has 2 aromatic heterocycles. The average molecular weight is 468 g/mol. The summed E-state index contributed by atoms with van der Waals surface area (Å²) in [7, 11) is -3.33. The Labute approximate surface area is 198 Å². The van der Waals surface area contributed by atoms with E-state index in [-0.39, 0.29) is 5.75 Å². The Morgan fingerprint density at radius 1 is 0.971 bits per heavy atom. The summed E-state index contributed by atoms with van der Waals surface area (Å²) in [5.41, 5.74) is 3.83. The largest absolute Gasteiger partial charge is 0.336 e. The smallest absolute Gasteiger partial charge is 0.182 e. The van der Waals surface area contributed by atoms with Gasteiger partial charge in [0.2, 0.25) is 0 Å². The fraction of sp³-hybridized carbons (Fsp3) is 0.115. The highest BCUT2D eigenvalue weighted by molar-refractivity contribution is 7.91. The zero-order chi connectivity index (χ0) is 23.5. The molecule has 0 fully saturated rings. The Morgan fingerprint density at radius 2 is 1.79 bits per heavy atom. The zero-order valence-electron chi connectivity index (χ0n) is 18.2. The number of nitriles is 1. The van der Waals surface area contributed by atoms with Crippen LogP contribution in [-0.4, -0.2) is 30.7 Å². The van der Waals surface area contributed by atoms with Crippen LogP contribution in [0.15, 0.2) is 96.3 Å². The summed E-state index contributed by atoms with van der Waals surface area (Å²) in [6.07, 6.45) is 5.21. The summed E-state index contributed by atoms with van der Waals surface area (Å²) in [5, 5.41) is 9.41. The minimum Gasteiger partial charge on any atom is -0.336 e. The Morgan fingerprint density at radius 3 is 2.62 bits per heavy atom. The molecule has 4 aromatic rings. The first-order valence-corrected chi connectivity index (χ1v) is 12.4. The van der Waals surface area contributed by atoms with Gasteiger partial charge in [-0.2, -0.15) is 5.26 Å². The topological polar surface area (TPSA) is 90.2 Å². The van der Waals surface area contributed by atoms with Gasteiger partial charge in [-0.05, 0) is 48.5 Å². The molecule has 5 rings (SSSR count). The molecule has 168 valence electrons. The van der Waals surface area contributed by atoms with Crippen molar-refractivity contribution in [3.63, 3.8) is 0 Å². The number of sulfone groups is 1. The van der Waals surface area contributed by atoms with E-state index in [4.69, 9.17) is 0 Å². The number of fused-ring (bicyclic) bond motifs is 1. The van der Waals surface area contributed by atoms with Gasteiger partial charge in [0.15, 0.2) is 9.84 Å². The molecule has 1 aliphatic rings. The maximum absolute atomic E-state index is 12.7. The molecule has 0 N–H and O–H groups in total. The number of nitrogens with zero attached hydrogens (tertiary/aromatic N) is 5. The van der Waals surface area contributed by atoms with Gasteiger partial charge >= 0.3 is 0 Å². The van der Waals surface area contributed by atoms with E-state index < -0.39 is 9.84 Å². The predicted molar refractivity (Wildman–Crippen MR) is 131 cm³/mol. The summed E-state index contributed by atoms with van der Waals surface area (Å²) in [6, 6.07) is 24.4. The molecular formula is C26H21N5O2S. The highest BCUT2D eigenvalue weighted by Gasteiger charge is 2.30. The Bertz CT molecular complexity index is 1480. The molecule has 0 spiro atoms. The van der Waals surface area contributed by atoms with Crippen LogP contribution in [0.25, 0.3) is 0 Å². The van der Waals surface area contributed by atoms with Gasteiger partial charge in [-0.3, -0.25) is 4.98 Å². The third-order valence-electron chi connectivity index (χ3n) is 5.77. The molecule has 7 nitrogen and oxygen atoms in total. The Hall–Kier alpha value is -4.22. The first-order valence-electron chi connectivity index (χ1n) is 10.8. The summed E-state index contributed by atoms with van der Waals surface area (Å²) in [5.74, 6) is 0.728. The fourth-order valence-corrected chi connectivity index (χ4v) is 5.59. The van der Waals surface area contributed by atoms with E-state index in [2.05, 4.69) is 20.9 Å². The average Bonchev–Trinajstić information content (AvgIpc) is 2.88. The number of rotatable bonds is 5. The van der Waals surface area contributed by atoms with Crippen LogP contribution in [0.2, 0.25) is 0 Å². The molecule has 1 aliphatic heterocycles. The maximum atomic E-state index is 12.7. The highest BCUT2D eigenvalue weighted by atomic mass is 32.2. The molecule has 0 saturated heterocycles. The zero-order valence-corrected chi connectivity index (χ0v) is 19.1. The minimum absolute atomic E-state index is 0.0244. The van der Waals surface area contributed by atoms with Gasteiger partial charge in [0.25, 0.3) is 0 Å². The first kappa shape index (κ1) is 21.6. The number of aromatic nitrogens is 2. The molecule has 0 bridgehead atoms. The lowest BCUT2D eigenvalue weighted by Crippen LogP contribution is -2.33. The molecule has 3 heterocycles. The second-order valence-electron chi connectivity index (χ2n) is 7.88. The van der Waals surface area contributed by atoms with Gasteiger partial charge in [-0.1, -0.05) is 24.3 Å². The third kappa shape index (κ3) is 4.09. The van der Waals surface area contributed by atoms with Crippen molar-refractivity contribution in [2.75, 3.05) is 22.1 Å². The number of hydrogen-bond donors (Lipinski definition) is 0. The lowest BCUT2D eigenvalue weighted by atomic mass is 10.1. The van der Waals surface area contributed by atoms with Crippen LogP contribution >= 0.6 is 0 Å². The second kappa shape index (κ2) is 8.96. The molecule has 0 saturated carbocycles. The van der Waals surface area contributed by atoms with Crippen LogP contribution in [-0.2, 0) is 16.4 Å². The molecule has 0 unspecified atom stereocenters. The van der Waals surface area contributed by atoms with Crippen molar-refractivity contribution >= 4 is 32.7 Å². The monoisotopic (exact) mass is 467 g/mol. The molecule has 0 amide bonds. The van der Waals surface area contributed by atoms with Gasteiger partial charge in [-0.25, -0.2) is 13.4 Å². The lowest BCUT2D eigenvalue weighted by Gasteiger charge is -2.33. The van der Waals surface area contributed by atoms with E-state index in [1.807, 2.05) is 59.5 Å². The Kier molecular flexibility index (Phi) is 5.70. The van der Waals surface area contributed by atoms with Crippen LogP contribution < -0.4 is 9.80 Å². The first-order chi connectivity index (χ1) is 16.6. The van der Waals surface area contributed by atoms with Crippen LogP contribution in [0.5, 0.6) is 0 Å². The molecular weight excluding hydrogens is 446 g/mol. The summed E-state index contributed by atoms with van der Waals surface area (Å²) < 4.78 is 25.3. The van der Waals surface area contributed by atoms with Gasteiger partial charge in [0.05, 0.1) is 46.4 Å². The van der Waals surface area contributed by atoms with E-state index in [1.165, 1.54) is 0 Å². The number of pyridine rings is 2. The highest BCUT2D eigenvalue weighted by Crippen LogP contribution is 2.37. The van der Waals surface area contributed by atoms with E-state index in [1.54, 1.807) is 36.8 Å². The summed E-state index contributed by atoms with van der Waals surface area (Å²) in [4.78, 5) is 13.3. The lowest BCUT2D eigenvalue weighted by molar-refractivity contribution is 0.592. The van der Waals surface area contributed by atoms with Crippen LogP contribution in [0.4, 0.5) is 22.9 Å². The predicted octanol–water partition coefficient (Wildman–Crippen LogP) is 4.61. The SMILES string of the molecule is N#Cc1cccc(N(Cc2cccnc2N2CCS(=O)(=O)c3ccccc32)c2cccnc2)c1. The van der Waals surface area contributed by atoms with Crippen molar-refractivity contribution in [1.29, 1.82) is 5.26 Å². The molecule has 2 aromatic carbocycles. The quantitative estimate of drug-likeness (QED) is 0.423. The number of benzene rings is 2. The van der Waals surface area contributed by atoms with Crippen molar-refractivity contribution in [3.8, 4) is 6.07 Å². The molecule has 34 heavy (non-hydrogen) atoms. The maximum Gasteiger partial charge on any atom is 0.182 e. The molecule has 0 aliphatic carbocycles. The van der Waals surface area contributed by atoms with Crippen molar-refractivity contribution in [2.24, 2.45) is 0 Å². The Balaban J connectivity index is 1.59. The van der Waals surface area contributed by atoms with Gasteiger partial charge in [-0.15, -0.1) is 0 Å². The summed E-state index contributed by atoms with van der Waals surface area (Å²) >= 11 is 0. The van der Waals surface area contributed by atoms with Crippen LogP contribution in [0.1, 0.15) is 11.1 Å². The van der Waals surface area contributed by atoms with Crippen LogP contribution in [0.3, 0.4) is 0 Å². The second-order valence-corrected chi connectivity index (χ2v) is 9.96. The van der Waals surface area contributed by atoms with Crippen molar-refractivity contribution in [1.82, 2.24) is 9.97 Å². The molecule has 0 atom stereocenters. The summed E-state index contributed by atoms with van der Waals surface area (Å²) in [6.45, 7) is 0.773. The van der Waals surface area contributed by atoms with E-state index >= 15 is 0 Å². The number of anilines is 4. The van der Waals surface area contributed by atoms with E-state index in [9.17, 15) is 13.7 Å². The normalized spacial score (nSPS) is 14.1. The van der Waals surface area contributed by atoms with Crippen molar-refractivity contribution in [3.05, 3.63) is 103 Å². The van der Waals surface area contributed by atoms with Crippen molar-refractivity contribution < 1.29 is 8.42 Å². The van der Waals surface area contributed by atoms with Crippen molar-refractivity contribution in [2.45, 2.75) is 11.4 Å². The molecule has 8 heteroatoms. The van der Waals surface area contributed by atoms with E-state index in [0.717, 1.165) is 16.9 Å². The standard InChI is InChI=1S/C26H21N5O2S/c27-17-20-6-3-8-22(16-20)31(23-9-5-12-28-18-23)19-21-7-4-13-29-26(21)30-14-15-34(32,33)25-11-2-1-10-24(25)30/h1-13,16,18H,14-15,19H2.